The highest BCUT2D eigenvalue weighted by Gasteiger charge is 2.40. The maximum atomic E-state index is 11.3. The smallest absolute Gasteiger partial charge is 0.251 e. The minimum absolute atomic E-state index is 0.00694. The number of amides is 1. The molecule has 0 aliphatic carbocycles. The van der Waals surface area contributed by atoms with Crippen LogP contribution in [-0.2, 0) is 4.79 Å². The van der Waals surface area contributed by atoms with E-state index >= 15 is 0 Å². The normalized spacial score (nSPS) is 21.3. The van der Waals surface area contributed by atoms with Crippen molar-refractivity contribution in [2.75, 3.05) is 0 Å². The predicted molar refractivity (Wildman–Crippen MR) is 47.2 cm³/mol. The molecule has 62 valence electrons. The summed E-state index contributed by atoms with van der Waals surface area (Å²) in [6.45, 7) is 3.95. The second-order valence-electron chi connectivity index (χ2n) is 2.70. The van der Waals surface area contributed by atoms with Crippen LogP contribution in [0.5, 0.6) is 0 Å². The van der Waals surface area contributed by atoms with Gasteiger partial charge in [-0.25, -0.2) is 0 Å². The van der Waals surface area contributed by atoms with Crippen molar-refractivity contribution in [1.29, 1.82) is 0 Å². The van der Waals surface area contributed by atoms with Gasteiger partial charge in [0.2, 0.25) is 0 Å². The molecule has 0 aromatic heterocycles. The average molecular weight is 172 g/mol. The van der Waals surface area contributed by atoms with E-state index in [0.717, 1.165) is 12.8 Å². The van der Waals surface area contributed by atoms with Crippen molar-refractivity contribution in [3.63, 3.8) is 0 Å². The minimum Gasteiger partial charge on any atom is -0.348 e. The van der Waals surface area contributed by atoms with Crippen molar-refractivity contribution in [3.8, 4) is 0 Å². The van der Waals surface area contributed by atoms with E-state index in [0.29, 0.717) is 5.11 Å². The zero-order valence-corrected chi connectivity index (χ0v) is 7.55. The van der Waals surface area contributed by atoms with E-state index in [1.807, 2.05) is 13.8 Å². The standard InChI is InChI=1S/C7H12N2OS/c1-3-7(4-2)5(10)8-6(11)9-7/h3-4H2,1-2H3,(H2,8,9,10,11). The van der Waals surface area contributed by atoms with Gasteiger partial charge < -0.3 is 10.6 Å². The van der Waals surface area contributed by atoms with Crippen LogP contribution >= 0.6 is 12.2 Å². The Bertz CT molecular complexity index is 199. The van der Waals surface area contributed by atoms with Crippen LogP contribution < -0.4 is 10.6 Å². The van der Waals surface area contributed by atoms with Crippen molar-refractivity contribution in [1.82, 2.24) is 10.6 Å². The van der Waals surface area contributed by atoms with Crippen LogP contribution in [0, 0.1) is 0 Å². The monoisotopic (exact) mass is 172 g/mol. The molecule has 0 atom stereocenters. The molecular weight excluding hydrogens is 160 g/mol. The number of hydrogen-bond donors (Lipinski definition) is 2. The molecule has 0 spiro atoms. The van der Waals surface area contributed by atoms with Crippen LogP contribution in [0.15, 0.2) is 0 Å². The van der Waals surface area contributed by atoms with E-state index in [1.165, 1.54) is 0 Å². The lowest BCUT2D eigenvalue weighted by atomic mass is 9.93. The molecule has 4 heteroatoms. The number of thiocarbonyl (C=S) groups is 1. The van der Waals surface area contributed by atoms with E-state index in [4.69, 9.17) is 12.2 Å². The maximum absolute atomic E-state index is 11.3. The summed E-state index contributed by atoms with van der Waals surface area (Å²) < 4.78 is 0. The van der Waals surface area contributed by atoms with Gasteiger partial charge in [0.15, 0.2) is 5.11 Å². The number of nitrogens with one attached hydrogen (secondary N) is 2. The fourth-order valence-corrected chi connectivity index (χ4v) is 1.56. The number of carbonyl (C=O) groups is 1. The summed E-state index contributed by atoms with van der Waals surface area (Å²) in [5, 5.41) is 6.04. The van der Waals surface area contributed by atoms with Crippen LogP contribution in [0.4, 0.5) is 0 Å². The Morgan fingerprint density at radius 3 is 2.18 bits per heavy atom. The van der Waals surface area contributed by atoms with E-state index in [9.17, 15) is 4.79 Å². The van der Waals surface area contributed by atoms with Crippen molar-refractivity contribution in [3.05, 3.63) is 0 Å². The molecule has 0 aromatic carbocycles. The molecule has 0 aromatic rings. The molecule has 0 unspecified atom stereocenters. The zero-order chi connectivity index (χ0) is 8.48. The third-order valence-corrected chi connectivity index (χ3v) is 2.43. The molecule has 1 aliphatic rings. The molecule has 1 fully saturated rings. The van der Waals surface area contributed by atoms with Gasteiger partial charge in [0.25, 0.3) is 5.91 Å². The summed E-state index contributed by atoms with van der Waals surface area (Å²) in [6.07, 6.45) is 1.55. The lowest BCUT2D eigenvalue weighted by molar-refractivity contribution is -0.124. The number of hydrogen-bond acceptors (Lipinski definition) is 2. The Morgan fingerprint density at radius 1 is 1.45 bits per heavy atom. The fourth-order valence-electron chi connectivity index (χ4n) is 1.28. The third-order valence-electron chi connectivity index (χ3n) is 2.22. The molecule has 1 aliphatic heterocycles. The first-order chi connectivity index (χ1) is 5.14. The first-order valence-electron chi connectivity index (χ1n) is 3.78. The molecule has 2 N–H and O–H groups in total. The summed E-state index contributed by atoms with van der Waals surface area (Å²) >= 11 is 4.83. The summed E-state index contributed by atoms with van der Waals surface area (Å²) in [7, 11) is 0. The lowest BCUT2D eigenvalue weighted by Crippen LogP contribution is -2.45. The van der Waals surface area contributed by atoms with Crippen LogP contribution in [-0.4, -0.2) is 16.6 Å². The van der Waals surface area contributed by atoms with Crippen LogP contribution in [0.2, 0.25) is 0 Å². The largest absolute Gasteiger partial charge is 0.348 e. The highest BCUT2D eigenvalue weighted by atomic mass is 32.1. The summed E-state index contributed by atoms with van der Waals surface area (Å²) in [6, 6.07) is 0. The Balaban J connectivity index is 2.84. The average Bonchev–Trinajstić information content (AvgIpc) is 2.27. The molecule has 11 heavy (non-hydrogen) atoms. The highest BCUT2D eigenvalue weighted by Crippen LogP contribution is 2.18. The van der Waals surface area contributed by atoms with E-state index in [1.54, 1.807) is 0 Å². The van der Waals surface area contributed by atoms with Gasteiger partial charge in [0.1, 0.15) is 5.54 Å². The predicted octanol–water partition coefficient (Wildman–Crippen LogP) is 0.549. The quantitative estimate of drug-likeness (QED) is 0.598. The van der Waals surface area contributed by atoms with Gasteiger partial charge in [-0.2, -0.15) is 0 Å². The first-order valence-corrected chi connectivity index (χ1v) is 4.19. The molecular formula is C7H12N2OS. The SMILES string of the molecule is CCC1(CC)NC(=S)NC1=O. The third kappa shape index (κ3) is 1.22. The van der Waals surface area contributed by atoms with Gasteiger partial charge in [0, 0.05) is 0 Å². The van der Waals surface area contributed by atoms with Crippen molar-refractivity contribution < 1.29 is 4.79 Å². The van der Waals surface area contributed by atoms with Gasteiger partial charge in [-0.05, 0) is 25.1 Å². The molecule has 1 amide bonds. The van der Waals surface area contributed by atoms with E-state index < -0.39 is 5.54 Å². The van der Waals surface area contributed by atoms with Gasteiger partial charge in [-0.15, -0.1) is 0 Å². The van der Waals surface area contributed by atoms with Crippen LogP contribution in [0.1, 0.15) is 26.7 Å². The second kappa shape index (κ2) is 2.77. The van der Waals surface area contributed by atoms with Gasteiger partial charge in [-0.1, -0.05) is 13.8 Å². The van der Waals surface area contributed by atoms with Gasteiger partial charge in [0.05, 0.1) is 0 Å². The summed E-state index contributed by atoms with van der Waals surface area (Å²) in [4.78, 5) is 11.3. The first kappa shape index (κ1) is 8.46. The Hall–Kier alpha value is -0.640. The number of rotatable bonds is 2. The van der Waals surface area contributed by atoms with Gasteiger partial charge >= 0.3 is 0 Å². The lowest BCUT2D eigenvalue weighted by Gasteiger charge is -2.22. The molecule has 3 nitrogen and oxygen atoms in total. The fraction of sp³-hybridized carbons (Fsp3) is 0.714. The maximum Gasteiger partial charge on any atom is 0.251 e. The number of carbonyl (C=O) groups excluding carboxylic acids is 1. The van der Waals surface area contributed by atoms with Crippen LogP contribution in [0.25, 0.3) is 0 Å². The van der Waals surface area contributed by atoms with E-state index in [-0.39, 0.29) is 5.91 Å². The van der Waals surface area contributed by atoms with Gasteiger partial charge in [-0.3, -0.25) is 4.79 Å². The minimum atomic E-state index is -0.433. The zero-order valence-electron chi connectivity index (χ0n) is 6.73. The molecule has 1 saturated heterocycles. The molecule has 0 radical (unpaired) electrons. The van der Waals surface area contributed by atoms with Crippen molar-refractivity contribution in [2.24, 2.45) is 0 Å². The van der Waals surface area contributed by atoms with E-state index in [2.05, 4.69) is 10.6 Å². The summed E-state index contributed by atoms with van der Waals surface area (Å²) in [5.74, 6) is 0.00694. The molecule has 1 heterocycles. The van der Waals surface area contributed by atoms with Crippen LogP contribution in [0.3, 0.4) is 0 Å². The van der Waals surface area contributed by atoms with Crippen molar-refractivity contribution >= 4 is 23.2 Å². The molecule has 0 bridgehead atoms. The Morgan fingerprint density at radius 2 is 2.00 bits per heavy atom. The topological polar surface area (TPSA) is 41.1 Å². The second-order valence-corrected chi connectivity index (χ2v) is 3.11. The Kier molecular flexibility index (Phi) is 2.13. The highest BCUT2D eigenvalue weighted by molar-refractivity contribution is 7.80. The molecule has 0 saturated carbocycles. The van der Waals surface area contributed by atoms with Crippen molar-refractivity contribution in [2.45, 2.75) is 32.2 Å². The summed E-state index contributed by atoms with van der Waals surface area (Å²) in [5.41, 5.74) is -0.433. The molecule has 1 rings (SSSR count). The Labute approximate surface area is 71.5 Å².